The van der Waals surface area contributed by atoms with E-state index < -0.39 is 42.7 Å². The number of hydrogen-bond donors (Lipinski definition) is 3. The zero-order chi connectivity index (χ0) is 15.3. The number of halogens is 3. The van der Waals surface area contributed by atoms with Crippen molar-refractivity contribution in [2.24, 2.45) is 0 Å². The number of nitrogen functional groups attached to an aromatic ring is 1. The summed E-state index contributed by atoms with van der Waals surface area (Å²) < 4.78 is 38.5. The number of aliphatic hydroxyl groups is 2. The third-order valence-electron chi connectivity index (χ3n) is 2.63. The van der Waals surface area contributed by atoms with Gasteiger partial charge in [-0.3, -0.25) is 4.57 Å². The lowest BCUT2D eigenvalue weighted by molar-refractivity contribution is -0.0461. The van der Waals surface area contributed by atoms with Crippen LogP contribution in [0.3, 0.4) is 0 Å². The van der Waals surface area contributed by atoms with Crippen molar-refractivity contribution in [2.45, 2.75) is 24.9 Å². The summed E-state index contributed by atoms with van der Waals surface area (Å²) in [4.78, 5) is 14.7. The van der Waals surface area contributed by atoms with Gasteiger partial charge in [0.2, 0.25) is 6.93 Å². The molecule has 0 aliphatic carbocycles. The van der Waals surface area contributed by atoms with E-state index in [1.54, 1.807) is 0 Å². The molecular formula is C10H14F3N3O4. The third-order valence-corrected chi connectivity index (χ3v) is 2.63. The fraction of sp³-hybridized carbons (Fsp3) is 0.600. The van der Waals surface area contributed by atoms with Crippen molar-refractivity contribution < 1.29 is 28.1 Å². The second-order valence-electron chi connectivity index (χ2n) is 3.88. The molecule has 0 radical (unpaired) electrons. The van der Waals surface area contributed by atoms with Gasteiger partial charge < -0.3 is 20.7 Å². The van der Waals surface area contributed by atoms with Gasteiger partial charge in [-0.2, -0.15) is 4.98 Å². The molecule has 0 aromatic carbocycles. The first-order valence-electron chi connectivity index (χ1n) is 5.55. The van der Waals surface area contributed by atoms with Crippen molar-refractivity contribution in [3.8, 4) is 0 Å². The molecule has 20 heavy (non-hydrogen) atoms. The Morgan fingerprint density at radius 1 is 1.55 bits per heavy atom. The van der Waals surface area contributed by atoms with Crippen LogP contribution in [0.4, 0.5) is 19.0 Å². The normalized spacial score (nSPS) is 25.1. The van der Waals surface area contributed by atoms with E-state index in [0.29, 0.717) is 0 Å². The van der Waals surface area contributed by atoms with Crippen molar-refractivity contribution in [3.63, 3.8) is 0 Å². The van der Waals surface area contributed by atoms with Crippen LogP contribution in [0.2, 0.25) is 0 Å². The fourth-order valence-corrected chi connectivity index (χ4v) is 1.71. The van der Waals surface area contributed by atoms with Crippen LogP contribution in [-0.4, -0.2) is 45.5 Å². The van der Waals surface area contributed by atoms with Gasteiger partial charge in [-0.05, 0) is 0 Å². The van der Waals surface area contributed by atoms with Crippen LogP contribution < -0.4 is 11.4 Å². The van der Waals surface area contributed by atoms with Crippen LogP contribution in [0.25, 0.3) is 0 Å². The molecule has 4 N–H and O–H groups in total. The zero-order valence-corrected chi connectivity index (χ0v) is 10.2. The van der Waals surface area contributed by atoms with Gasteiger partial charge in [0, 0.05) is 6.42 Å². The number of hydrogen-bond acceptors (Lipinski definition) is 6. The summed E-state index contributed by atoms with van der Waals surface area (Å²) >= 11 is 0. The molecular weight excluding hydrogens is 283 g/mol. The number of nitrogens with zero attached hydrogens (tertiary/aromatic N) is 2. The molecule has 0 amide bonds. The minimum absolute atomic E-state index is 0.0795. The second-order valence-corrected chi connectivity index (χ2v) is 3.88. The lowest BCUT2D eigenvalue weighted by atomic mass is 10.2. The molecule has 3 unspecified atom stereocenters. The molecule has 1 aliphatic heterocycles. The predicted octanol–water partition coefficient (Wildman–Crippen LogP) is -0.512. The number of aliphatic hydroxyl groups excluding tert-OH is 2. The topological polar surface area (TPSA) is 111 Å². The average Bonchev–Trinajstić information content (AvgIpc) is 2.76. The van der Waals surface area contributed by atoms with Crippen LogP contribution in [0.1, 0.15) is 12.6 Å². The summed E-state index contributed by atoms with van der Waals surface area (Å²) in [6.07, 6.45) is -1.58. The zero-order valence-electron chi connectivity index (χ0n) is 10.2. The van der Waals surface area contributed by atoms with E-state index in [4.69, 9.17) is 15.6 Å². The van der Waals surface area contributed by atoms with Crippen molar-refractivity contribution in [3.05, 3.63) is 22.5 Å². The number of nitrogens with two attached hydrogens (primary N) is 1. The molecule has 10 heteroatoms. The van der Waals surface area contributed by atoms with E-state index in [9.17, 15) is 23.1 Å². The Balaban J connectivity index is 0.000000612. The molecule has 1 fully saturated rings. The standard InChI is InChI=1S/C9H12FN3O4.CH2F2/c10-4-2-13(9(16)12-8(4)11)7-1-5(15)6(3-14)17-7;2-1-3/h2,5-7,14-15H,1,3H2,(H2,11,12,16);1H2. The molecule has 1 aromatic heterocycles. The first-order chi connectivity index (χ1) is 9.44. The van der Waals surface area contributed by atoms with Crippen LogP contribution in [0.15, 0.2) is 11.0 Å². The van der Waals surface area contributed by atoms with Gasteiger partial charge in [-0.1, -0.05) is 0 Å². The number of aromatic nitrogens is 2. The number of ether oxygens (including phenoxy) is 1. The van der Waals surface area contributed by atoms with Gasteiger partial charge in [0.15, 0.2) is 11.6 Å². The van der Waals surface area contributed by atoms with Gasteiger partial charge in [-0.25, -0.2) is 18.0 Å². The monoisotopic (exact) mass is 297 g/mol. The number of alkyl halides is 2. The molecule has 0 spiro atoms. The van der Waals surface area contributed by atoms with Gasteiger partial charge >= 0.3 is 5.69 Å². The number of anilines is 1. The quantitative estimate of drug-likeness (QED) is 0.678. The van der Waals surface area contributed by atoms with Crippen LogP contribution in [0, 0.1) is 5.82 Å². The molecule has 3 atom stereocenters. The second kappa shape index (κ2) is 7.22. The highest BCUT2D eigenvalue weighted by molar-refractivity contribution is 5.26. The largest absolute Gasteiger partial charge is 0.394 e. The summed E-state index contributed by atoms with van der Waals surface area (Å²) in [6, 6.07) is 0. The highest BCUT2D eigenvalue weighted by Gasteiger charge is 2.35. The van der Waals surface area contributed by atoms with Crippen molar-refractivity contribution >= 4 is 5.82 Å². The first-order valence-corrected chi connectivity index (χ1v) is 5.55. The average molecular weight is 297 g/mol. The molecule has 1 aliphatic rings. The minimum atomic E-state index is -1.75. The maximum atomic E-state index is 13.2. The van der Waals surface area contributed by atoms with E-state index in [1.807, 2.05) is 0 Å². The maximum Gasteiger partial charge on any atom is 0.351 e. The van der Waals surface area contributed by atoms with Crippen molar-refractivity contribution in [2.75, 3.05) is 19.3 Å². The van der Waals surface area contributed by atoms with E-state index >= 15 is 0 Å². The maximum absolute atomic E-state index is 13.2. The van der Waals surface area contributed by atoms with E-state index in [2.05, 4.69) is 4.98 Å². The van der Waals surface area contributed by atoms with Gasteiger partial charge in [0.1, 0.15) is 12.3 Å². The fourth-order valence-electron chi connectivity index (χ4n) is 1.71. The lowest BCUT2D eigenvalue weighted by Crippen LogP contribution is -2.29. The summed E-state index contributed by atoms with van der Waals surface area (Å²) in [5.74, 6) is -1.32. The highest BCUT2D eigenvalue weighted by atomic mass is 19.3. The predicted molar refractivity (Wildman–Crippen MR) is 61.6 cm³/mol. The Morgan fingerprint density at radius 3 is 2.65 bits per heavy atom. The summed E-state index contributed by atoms with van der Waals surface area (Å²) in [5, 5.41) is 18.4. The Morgan fingerprint density at radius 2 is 2.15 bits per heavy atom. The summed E-state index contributed by atoms with van der Waals surface area (Å²) in [5.41, 5.74) is 4.38. The molecule has 0 bridgehead atoms. The minimum Gasteiger partial charge on any atom is -0.394 e. The molecule has 0 saturated carbocycles. The molecule has 2 rings (SSSR count). The van der Waals surface area contributed by atoms with Crippen LogP contribution in [-0.2, 0) is 4.74 Å². The van der Waals surface area contributed by atoms with Crippen LogP contribution in [0.5, 0.6) is 0 Å². The Bertz CT molecular complexity index is 499. The van der Waals surface area contributed by atoms with E-state index in [1.165, 1.54) is 0 Å². The molecule has 2 heterocycles. The lowest BCUT2D eigenvalue weighted by Gasteiger charge is -2.14. The van der Waals surface area contributed by atoms with Crippen molar-refractivity contribution in [1.82, 2.24) is 9.55 Å². The smallest absolute Gasteiger partial charge is 0.351 e. The Labute approximate surface area is 111 Å². The summed E-state index contributed by atoms with van der Waals surface area (Å²) in [6.45, 7) is -2.13. The third kappa shape index (κ3) is 3.68. The van der Waals surface area contributed by atoms with Gasteiger partial charge in [-0.15, -0.1) is 0 Å². The van der Waals surface area contributed by atoms with E-state index in [-0.39, 0.29) is 13.0 Å². The van der Waals surface area contributed by atoms with Gasteiger partial charge in [0.25, 0.3) is 0 Å². The van der Waals surface area contributed by atoms with Crippen molar-refractivity contribution in [1.29, 1.82) is 0 Å². The highest BCUT2D eigenvalue weighted by Crippen LogP contribution is 2.27. The van der Waals surface area contributed by atoms with Gasteiger partial charge in [0.05, 0.1) is 18.9 Å². The molecule has 114 valence electrons. The summed E-state index contributed by atoms with van der Waals surface area (Å²) in [7, 11) is 0. The van der Waals surface area contributed by atoms with E-state index in [0.717, 1.165) is 10.8 Å². The Kier molecular flexibility index (Phi) is 5.92. The molecule has 7 nitrogen and oxygen atoms in total. The van der Waals surface area contributed by atoms with Crippen LogP contribution >= 0.6 is 0 Å². The molecule has 1 saturated heterocycles. The number of rotatable bonds is 2. The Hall–Kier alpha value is -1.65. The SMILES string of the molecule is FCF.Nc1nc(=O)n(C2CC(O)C(CO)O2)cc1F. The molecule has 1 aromatic rings. The first kappa shape index (κ1) is 16.4.